The Morgan fingerprint density at radius 1 is 1.22 bits per heavy atom. The fourth-order valence-electron chi connectivity index (χ4n) is 2.96. The Bertz CT molecular complexity index is 1220. The van der Waals surface area contributed by atoms with Crippen LogP contribution in [-0.4, -0.2) is 35.1 Å². The minimum absolute atomic E-state index is 0.0540. The number of carbonyl (C=O) groups excluding carboxylic acids is 1. The molecule has 3 rings (SSSR count). The molecular formula is C23H23Br2N3O4. The van der Waals surface area contributed by atoms with Crippen molar-refractivity contribution in [2.24, 2.45) is 5.10 Å². The molecule has 1 aromatic heterocycles. The van der Waals surface area contributed by atoms with Crippen molar-refractivity contribution in [2.75, 3.05) is 13.2 Å². The number of nitrogens with zero attached hydrogens (tertiary/aromatic N) is 3. The Hall–Kier alpha value is -2.52. The van der Waals surface area contributed by atoms with Crippen molar-refractivity contribution in [2.45, 2.75) is 33.1 Å². The Morgan fingerprint density at radius 3 is 2.69 bits per heavy atom. The molecule has 7 nitrogen and oxygen atoms in total. The Balaban J connectivity index is 1.93. The van der Waals surface area contributed by atoms with E-state index in [4.69, 9.17) is 14.5 Å². The molecule has 0 aliphatic heterocycles. The number of halogens is 2. The number of fused-ring (bicyclic) bond motifs is 1. The molecule has 0 saturated heterocycles. The van der Waals surface area contributed by atoms with Crippen molar-refractivity contribution in [3.8, 4) is 5.75 Å². The number of aromatic nitrogens is 2. The molecule has 168 valence electrons. The second-order valence-corrected chi connectivity index (χ2v) is 8.86. The molecule has 1 atom stereocenters. The number of esters is 1. The number of carbonyl (C=O) groups is 1. The maximum absolute atomic E-state index is 13.2. The van der Waals surface area contributed by atoms with Crippen molar-refractivity contribution < 1.29 is 14.3 Å². The lowest BCUT2D eigenvalue weighted by Crippen LogP contribution is -2.23. The van der Waals surface area contributed by atoms with Crippen molar-refractivity contribution in [3.05, 3.63) is 67.1 Å². The SMILES string of the molecule is CCOC(=O)COc1ccc(C=Nn2c([C@H](C)CC)nc3ccc(Br)cc3c2=O)cc1Br. The summed E-state index contributed by atoms with van der Waals surface area (Å²) in [5.74, 6) is 0.734. The first kappa shape index (κ1) is 24.1. The average Bonchev–Trinajstić information content (AvgIpc) is 2.77. The largest absolute Gasteiger partial charge is 0.481 e. The summed E-state index contributed by atoms with van der Waals surface area (Å²) in [6, 6.07) is 10.7. The van der Waals surface area contributed by atoms with Crippen LogP contribution in [-0.2, 0) is 9.53 Å². The van der Waals surface area contributed by atoms with Crippen molar-refractivity contribution >= 4 is 54.9 Å². The molecule has 0 unspecified atom stereocenters. The maximum atomic E-state index is 13.2. The van der Waals surface area contributed by atoms with Gasteiger partial charge in [0.25, 0.3) is 5.56 Å². The molecule has 0 aliphatic carbocycles. The van der Waals surface area contributed by atoms with E-state index in [1.54, 1.807) is 37.4 Å². The Labute approximate surface area is 202 Å². The summed E-state index contributed by atoms with van der Waals surface area (Å²) in [6.45, 7) is 5.93. The third-order valence-corrected chi connectivity index (χ3v) is 5.93. The van der Waals surface area contributed by atoms with E-state index in [-0.39, 0.29) is 18.1 Å². The maximum Gasteiger partial charge on any atom is 0.344 e. The van der Waals surface area contributed by atoms with Gasteiger partial charge in [-0.3, -0.25) is 4.79 Å². The van der Waals surface area contributed by atoms with Gasteiger partial charge >= 0.3 is 5.97 Å². The zero-order chi connectivity index (χ0) is 23.3. The van der Waals surface area contributed by atoms with E-state index in [9.17, 15) is 9.59 Å². The number of ether oxygens (including phenoxy) is 2. The molecular weight excluding hydrogens is 542 g/mol. The lowest BCUT2D eigenvalue weighted by Gasteiger charge is -2.14. The fourth-order valence-corrected chi connectivity index (χ4v) is 3.83. The molecule has 3 aromatic rings. The lowest BCUT2D eigenvalue weighted by molar-refractivity contribution is -0.145. The number of benzene rings is 2. The average molecular weight is 565 g/mol. The van der Waals surface area contributed by atoms with E-state index >= 15 is 0 Å². The van der Waals surface area contributed by atoms with E-state index < -0.39 is 5.97 Å². The number of rotatable bonds is 8. The van der Waals surface area contributed by atoms with Gasteiger partial charge in [-0.1, -0.05) is 29.8 Å². The molecule has 0 amide bonds. The fraction of sp³-hybridized carbons (Fsp3) is 0.304. The summed E-state index contributed by atoms with van der Waals surface area (Å²) in [7, 11) is 0. The summed E-state index contributed by atoms with van der Waals surface area (Å²) in [4.78, 5) is 29.4. The Morgan fingerprint density at radius 2 is 2.00 bits per heavy atom. The smallest absolute Gasteiger partial charge is 0.344 e. The second kappa shape index (κ2) is 10.9. The van der Waals surface area contributed by atoms with Crippen LogP contribution in [0.2, 0.25) is 0 Å². The highest BCUT2D eigenvalue weighted by Gasteiger charge is 2.15. The molecule has 0 radical (unpaired) electrons. The van der Waals surface area contributed by atoms with E-state index in [0.29, 0.717) is 33.6 Å². The molecule has 9 heteroatoms. The molecule has 1 heterocycles. The summed E-state index contributed by atoms with van der Waals surface area (Å²) >= 11 is 6.85. The quantitative estimate of drug-likeness (QED) is 0.275. The first-order chi connectivity index (χ1) is 15.3. The van der Waals surface area contributed by atoms with E-state index in [0.717, 1.165) is 16.5 Å². The van der Waals surface area contributed by atoms with E-state index in [1.807, 2.05) is 26.0 Å². The molecule has 32 heavy (non-hydrogen) atoms. The van der Waals surface area contributed by atoms with Gasteiger partial charge in [0.1, 0.15) is 11.6 Å². The van der Waals surface area contributed by atoms with Gasteiger partial charge in [-0.25, -0.2) is 9.78 Å². The Kier molecular flexibility index (Phi) is 8.20. The molecule has 0 saturated carbocycles. The van der Waals surface area contributed by atoms with E-state index in [1.165, 1.54) is 4.68 Å². The molecule has 0 fully saturated rings. The van der Waals surface area contributed by atoms with Gasteiger partial charge in [0.15, 0.2) is 6.61 Å². The monoisotopic (exact) mass is 563 g/mol. The molecule has 2 aromatic carbocycles. The van der Waals surface area contributed by atoms with Crippen LogP contribution in [0.1, 0.15) is 44.5 Å². The minimum atomic E-state index is -0.433. The summed E-state index contributed by atoms with van der Waals surface area (Å²) in [5.41, 5.74) is 1.17. The predicted octanol–water partition coefficient (Wildman–Crippen LogP) is 5.26. The highest BCUT2D eigenvalue weighted by atomic mass is 79.9. The molecule has 0 bridgehead atoms. The van der Waals surface area contributed by atoms with Gasteiger partial charge in [0, 0.05) is 10.4 Å². The van der Waals surface area contributed by atoms with Crippen LogP contribution < -0.4 is 10.3 Å². The van der Waals surface area contributed by atoms with Crippen LogP contribution in [0, 0.1) is 0 Å². The van der Waals surface area contributed by atoms with Crippen molar-refractivity contribution in [1.29, 1.82) is 0 Å². The normalized spacial score (nSPS) is 12.3. The zero-order valence-electron chi connectivity index (χ0n) is 18.0. The third kappa shape index (κ3) is 5.63. The highest BCUT2D eigenvalue weighted by molar-refractivity contribution is 9.10. The van der Waals surface area contributed by atoms with Gasteiger partial charge in [-0.15, -0.1) is 0 Å². The predicted molar refractivity (Wildman–Crippen MR) is 132 cm³/mol. The second-order valence-electron chi connectivity index (χ2n) is 7.09. The van der Waals surface area contributed by atoms with Crippen LogP contribution in [0.15, 0.2) is 55.2 Å². The topological polar surface area (TPSA) is 82.8 Å². The van der Waals surface area contributed by atoms with Crippen molar-refractivity contribution in [3.63, 3.8) is 0 Å². The molecule has 0 spiro atoms. The standard InChI is InChI=1S/C23H23Br2N3O4/c1-4-14(3)22-27-19-8-7-16(24)11-17(19)23(30)28(22)26-12-15-6-9-20(18(25)10-15)32-13-21(29)31-5-2/h6-12,14H,4-5,13H2,1-3H3/t14-/m1/s1. The summed E-state index contributed by atoms with van der Waals surface area (Å²) < 4.78 is 13.2. The van der Waals surface area contributed by atoms with Crippen LogP contribution in [0.3, 0.4) is 0 Å². The van der Waals surface area contributed by atoms with Gasteiger partial charge in [-0.2, -0.15) is 9.78 Å². The zero-order valence-corrected chi connectivity index (χ0v) is 21.1. The van der Waals surface area contributed by atoms with Crippen molar-refractivity contribution in [1.82, 2.24) is 9.66 Å². The molecule has 0 aliphatic rings. The first-order valence-electron chi connectivity index (χ1n) is 10.2. The number of hydrogen-bond donors (Lipinski definition) is 0. The van der Waals surface area contributed by atoms with Gasteiger partial charge < -0.3 is 9.47 Å². The van der Waals surface area contributed by atoms with Crippen LogP contribution in [0.25, 0.3) is 10.9 Å². The molecule has 0 N–H and O–H groups in total. The van der Waals surface area contributed by atoms with Gasteiger partial charge in [0.2, 0.25) is 0 Å². The highest BCUT2D eigenvalue weighted by Crippen LogP contribution is 2.26. The third-order valence-electron chi connectivity index (χ3n) is 4.82. The van der Waals surface area contributed by atoms with Crippen LogP contribution in [0.5, 0.6) is 5.75 Å². The van der Waals surface area contributed by atoms with Gasteiger partial charge in [0.05, 0.1) is 28.2 Å². The minimum Gasteiger partial charge on any atom is -0.481 e. The lowest BCUT2D eigenvalue weighted by atomic mass is 10.1. The van der Waals surface area contributed by atoms with E-state index in [2.05, 4.69) is 37.0 Å². The van der Waals surface area contributed by atoms with Crippen LogP contribution >= 0.6 is 31.9 Å². The summed E-state index contributed by atoms with van der Waals surface area (Å²) in [5, 5.41) is 4.95. The number of hydrogen-bond acceptors (Lipinski definition) is 6. The summed E-state index contributed by atoms with van der Waals surface area (Å²) in [6.07, 6.45) is 2.42. The van der Waals surface area contributed by atoms with Gasteiger partial charge in [-0.05, 0) is 71.2 Å². The first-order valence-corrected chi connectivity index (χ1v) is 11.8. The van der Waals surface area contributed by atoms with Crippen LogP contribution in [0.4, 0.5) is 0 Å².